The monoisotopic (exact) mass is 266 g/mol. The molecule has 1 aromatic carbocycles. The van der Waals surface area contributed by atoms with E-state index in [0.29, 0.717) is 12.1 Å². The minimum Gasteiger partial charge on any atom is -0.347 e. The molecule has 0 saturated heterocycles. The number of rotatable bonds is 4. The van der Waals surface area contributed by atoms with Gasteiger partial charge in [0.2, 0.25) is 5.91 Å². The van der Waals surface area contributed by atoms with Crippen molar-refractivity contribution in [3.8, 4) is 6.07 Å². The van der Waals surface area contributed by atoms with Crippen LogP contribution in [0.2, 0.25) is 0 Å². The van der Waals surface area contributed by atoms with Gasteiger partial charge in [-0.1, -0.05) is 12.1 Å². The zero-order valence-electron chi connectivity index (χ0n) is 11.1. The summed E-state index contributed by atoms with van der Waals surface area (Å²) in [7, 11) is 1.71. The Morgan fingerprint density at radius 2 is 2.40 bits per heavy atom. The van der Waals surface area contributed by atoms with Crippen molar-refractivity contribution in [3.05, 3.63) is 59.7 Å². The molecule has 1 aromatic heterocycles. The van der Waals surface area contributed by atoms with Crippen molar-refractivity contribution in [2.24, 2.45) is 0 Å². The molecule has 1 N–H and O–H groups in total. The fourth-order valence-corrected chi connectivity index (χ4v) is 1.69. The molecular weight excluding hydrogens is 252 g/mol. The first-order chi connectivity index (χ1) is 9.69. The van der Waals surface area contributed by atoms with Crippen molar-refractivity contribution in [2.45, 2.75) is 6.54 Å². The summed E-state index contributed by atoms with van der Waals surface area (Å²) in [5, 5.41) is 8.81. The van der Waals surface area contributed by atoms with Gasteiger partial charge < -0.3 is 9.88 Å². The average molecular weight is 266 g/mol. The number of nitrogens with one attached hydrogen (secondary N) is 1. The van der Waals surface area contributed by atoms with Gasteiger partial charge in [0, 0.05) is 25.5 Å². The molecule has 0 fully saturated rings. The third kappa shape index (κ3) is 3.56. The van der Waals surface area contributed by atoms with Gasteiger partial charge in [0.1, 0.15) is 5.82 Å². The molecule has 2 rings (SSSR count). The lowest BCUT2D eigenvalue weighted by atomic mass is 10.1. The van der Waals surface area contributed by atoms with Gasteiger partial charge in [-0.2, -0.15) is 5.26 Å². The molecule has 5 nitrogen and oxygen atoms in total. The van der Waals surface area contributed by atoms with Gasteiger partial charge in [-0.25, -0.2) is 4.98 Å². The molecule has 2 aromatic rings. The van der Waals surface area contributed by atoms with Gasteiger partial charge in [0.15, 0.2) is 0 Å². The standard InChI is InChI=1S/C15H14N4O/c1-19(11-14-17-7-8-18-14)15(20)6-5-12-3-2-4-13(9-12)10-16/h2-9H,11H2,1H3,(H,17,18). The van der Waals surface area contributed by atoms with Crippen LogP contribution in [0.3, 0.4) is 0 Å². The van der Waals surface area contributed by atoms with Crippen LogP contribution >= 0.6 is 0 Å². The third-order valence-corrected chi connectivity index (χ3v) is 2.75. The summed E-state index contributed by atoms with van der Waals surface area (Å²) in [4.78, 5) is 20.5. The van der Waals surface area contributed by atoms with E-state index in [2.05, 4.69) is 16.0 Å². The molecule has 0 unspecified atom stereocenters. The van der Waals surface area contributed by atoms with Gasteiger partial charge in [0.05, 0.1) is 18.2 Å². The predicted molar refractivity (Wildman–Crippen MR) is 75.3 cm³/mol. The second kappa shape index (κ2) is 6.34. The van der Waals surface area contributed by atoms with E-state index in [0.717, 1.165) is 11.4 Å². The number of imidazole rings is 1. The van der Waals surface area contributed by atoms with Gasteiger partial charge in [0.25, 0.3) is 0 Å². The Balaban J connectivity index is 1.99. The first-order valence-electron chi connectivity index (χ1n) is 6.10. The third-order valence-electron chi connectivity index (χ3n) is 2.75. The normalized spacial score (nSPS) is 10.4. The van der Waals surface area contributed by atoms with E-state index in [1.165, 1.54) is 6.08 Å². The molecule has 0 aliphatic heterocycles. The van der Waals surface area contributed by atoms with E-state index >= 15 is 0 Å². The van der Waals surface area contributed by atoms with Gasteiger partial charge >= 0.3 is 0 Å². The zero-order valence-corrected chi connectivity index (χ0v) is 11.1. The molecule has 1 heterocycles. The zero-order chi connectivity index (χ0) is 14.4. The highest BCUT2D eigenvalue weighted by Crippen LogP contribution is 2.06. The molecule has 0 aliphatic carbocycles. The maximum Gasteiger partial charge on any atom is 0.246 e. The van der Waals surface area contributed by atoms with Crippen LogP contribution in [0.1, 0.15) is 17.0 Å². The maximum atomic E-state index is 11.9. The molecule has 0 aliphatic rings. The van der Waals surface area contributed by atoms with E-state index in [9.17, 15) is 4.79 Å². The summed E-state index contributed by atoms with van der Waals surface area (Å²) < 4.78 is 0. The van der Waals surface area contributed by atoms with E-state index in [1.807, 2.05) is 6.07 Å². The second-order valence-electron chi connectivity index (χ2n) is 4.30. The molecule has 0 bridgehead atoms. The van der Waals surface area contributed by atoms with Crippen molar-refractivity contribution < 1.29 is 4.79 Å². The molecule has 1 amide bonds. The number of likely N-dealkylation sites (N-methyl/N-ethyl adjacent to an activating group) is 1. The van der Waals surface area contributed by atoms with Crippen molar-refractivity contribution >= 4 is 12.0 Å². The van der Waals surface area contributed by atoms with Gasteiger partial charge in [-0.3, -0.25) is 4.79 Å². The van der Waals surface area contributed by atoms with Crippen molar-refractivity contribution in [1.82, 2.24) is 14.9 Å². The molecule has 0 atom stereocenters. The Labute approximate surface area is 117 Å². The highest BCUT2D eigenvalue weighted by Gasteiger charge is 2.06. The Morgan fingerprint density at radius 1 is 1.55 bits per heavy atom. The van der Waals surface area contributed by atoms with E-state index in [-0.39, 0.29) is 5.91 Å². The maximum absolute atomic E-state index is 11.9. The summed E-state index contributed by atoms with van der Waals surface area (Å²) in [5.74, 6) is 0.615. The summed E-state index contributed by atoms with van der Waals surface area (Å²) in [5.41, 5.74) is 1.40. The number of nitrogens with zero attached hydrogens (tertiary/aromatic N) is 3. The Morgan fingerprint density at radius 3 is 3.10 bits per heavy atom. The number of carbonyl (C=O) groups excluding carboxylic acids is 1. The van der Waals surface area contributed by atoms with Crippen molar-refractivity contribution in [2.75, 3.05) is 7.05 Å². The topological polar surface area (TPSA) is 72.8 Å². The lowest BCUT2D eigenvalue weighted by molar-refractivity contribution is -0.125. The van der Waals surface area contributed by atoms with Crippen LogP contribution in [0.5, 0.6) is 0 Å². The minimum absolute atomic E-state index is 0.122. The fraction of sp³-hybridized carbons (Fsp3) is 0.133. The van der Waals surface area contributed by atoms with Crippen LogP contribution in [-0.2, 0) is 11.3 Å². The predicted octanol–water partition coefficient (Wildman–Crippen LogP) is 1.95. The molecule has 0 spiro atoms. The smallest absolute Gasteiger partial charge is 0.246 e. The van der Waals surface area contributed by atoms with Crippen molar-refractivity contribution in [1.29, 1.82) is 5.26 Å². The van der Waals surface area contributed by atoms with Crippen LogP contribution in [0.4, 0.5) is 0 Å². The van der Waals surface area contributed by atoms with Gasteiger partial charge in [-0.15, -0.1) is 0 Å². The molecule has 20 heavy (non-hydrogen) atoms. The summed E-state index contributed by atoms with van der Waals surface area (Å²) >= 11 is 0. The Kier molecular flexibility index (Phi) is 4.30. The lowest BCUT2D eigenvalue weighted by Crippen LogP contribution is -2.24. The van der Waals surface area contributed by atoms with Crippen LogP contribution in [-0.4, -0.2) is 27.8 Å². The number of H-pyrrole nitrogens is 1. The second-order valence-corrected chi connectivity index (χ2v) is 4.30. The number of aromatic nitrogens is 2. The van der Waals surface area contributed by atoms with E-state index in [1.54, 1.807) is 48.6 Å². The average Bonchev–Trinajstić information content (AvgIpc) is 2.97. The number of aromatic amines is 1. The number of nitriles is 1. The van der Waals surface area contributed by atoms with Crippen LogP contribution in [0, 0.1) is 11.3 Å². The van der Waals surface area contributed by atoms with Crippen LogP contribution < -0.4 is 0 Å². The quantitative estimate of drug-likeness (QED) is 0.860. The van der Waals surface area contributed by atoms with E-state index < -0.39 is 0 Å². The number of hydrogen-bond acceptors (Lipinski definition) is 3. The first-order valence-corrected chi connectivity index (χ1v) is 6.10. The number of hydrogen-bond donors (Lipinski definition) is 1. The largest absolute Gasteiger partial charge is 0.347 e. The number of carbonyl (C=O) groups is 1. The number of benzene rings is 1. The van der Waals surface area contributed by atoms with Crippen molar-refractivity contribution in [3.63, 3.8) is 0 Å². The Bertz CT molecular complexity index is 653. The minimum atomic E-state index is -0.122. The fourth-order valence-electron chi connectivity index (χ4n) is 1.69. The summed E-state index contributed by atoms with van der Waals surface area (Å²) in [6.45, 7) is 0.425. The summed E-state index contributed by atoms with van der Waals surface area (Å²) in [6, 6.07) is 9.15. The number of amides is 1. The lowest BCUT2D eigenvalue weighted by Gasteiger charge is -2.12. The Hall–Kier alpha value is -2.87. The molecule has 100 valence electrons. The van der Waals surface area contributed by atoms with Crippen LogP contribution in [0.25, 0.3) is 6.08 Å². The SMILES string of the molecule is CN(Cc1ncc[nH]1)C(=O)C=Cc1cccc(C#N)c1. The highest BCUT2D eigenvalue weighted by atomic mass is 16.2. The highest BCUT2D eigenvalue weighted by molar-refractivity contribution is 5.91. The first kappa shape index (κ1) is 13.6. The van der Waals surface area contributed by atoms with Crippen LogP contribution in [0.15, 0.2) is 42.7 Å². The molecule has 0 radical (unpaired) electrons. The van der Waals surface area contributed by atoms with E-state index in [4.69, 9.17) is 5.26 Å². The molecule has 5 heteroatoms. The van der Waals surface area contributed by atoms with Gasteiger partial charge in [-0.05, 0) is 23.8 Å². The summed E-state index contributed by atoms with van der Waals surface area (Å²) in [6.07, 6.45) is 6.55. The molecular formula is C15H14N4O. The molecule has 0 saturated carbocycles.